The number of aliphatic hydroxyl groups is 6. The van der Waals surface area contributed by atoms with Gasteiger partial charge in [-0.05, 0) is 65.7 Å². The van der Waals surface area contributed by atoms with Crippen LogP contribution in [0.15, 0.2) is 50.6 Å². The van der Waals surface area contributed by atoms with Gasteiger partial charge >= 0.3 is 5.63 Å². The molecule has 5 fully saturated rings. The number of benzene rings is 3. The van der Waals surface area contributed by atoms with Crippen LogP contribution in [-0.4, -0.2) is 144 Å². The smallest absolute Gasteiger partial charge is 0.344 e. The Morgan fingerprint density at radius 3 is 2.21 bits per heavy atom. The van der Waals surface area contributed by atoms with Crippen LogP contribution in [-0.2, 0) is 43.6 Å². The van der Waals surface area contributed by atoms with E-state index in [0.717, 1.165) is 0 Å². The van der Waals surface area contributed by atoms with Crippen molar-refractivity contribution in [3.05, 3.63) is 74.3 Å². The van der Waals surface area contributed by atoms with Gasteiger partial charge in [0.2, 0.25) is 0 Å². The molecular weight excluding hydrogens is 939 g/mol. The van der Waals surface area contributed by atoms with Crippen molar-refractivity contribution in [3.8, 4) is 11.5 Å². The minimum Gasteiger partial charge on any atom is -0.507 e. The number of rotatable bonds is 7. The number of aliphatic hydroxyl groups excluding tert-OH is 4. The quantitative estimate of drug-likeness (QED) is 0.123. The van der Waals surface area contributed by atoms with E-state index in [4.69, 9.17) is 37.6 Å². The Balaban J connectivity index is 1.03. The van der Waals surface area contributed by atoms with Gasteiger partial charge in [-0.25, -0.2) is 4.79 Å². The standard InChI is InChI=1S/C53H61NO18/c1-22-32(55)10-12-39(66-22)72-53-37(57)19-51(5,63)21-52(53,64)15-14-27-44(53)49-42-29(41(50(62)71-49)30-20-54-31-9-7-6-8-26(30)31)16-28(48(61)43(42)47(27)60)35-18-36(46(59)25(4)65-35)70-38-13-11-34(23(2)67-38)69-40-17-33(56)45(58)24(3)68-40/h6-9,14-16,20,22-25,32-36,38-40,45-46,55-56,58-61,63-64H,10-13,17-19,21H2,1-5H3/b41-30-/t22-,23-,24+,25+,32-,33+,34-,35+,36+,38-,39-,40-,45+,46+,51-,52-,53-/m0/s1. The number of para-hydroxylation sites is 1. The fraction of sp³-hybridized carbons (Fsp3) is 0.566. The summed E-state index contributed by atoms with van der Waals surface area (Å²) in [6, 6.07) is 8.71. The highest BCUT2D eigenvalue weighted by atomic mass is 16.7. The molecule has 0 radical (unpaired) electrons. The molecule has 6 heterocycles. The molecule has 11 rings (SSSR count). The van der Waals surface area contributed by atoms with Gasteiger partial charge in [0, 0.05) is 83.3 Å². The Morgan fingerprint density at radius 1 is 0.750 bits per heavy atom. The average molecular weight is 1000 g/mol. The van der Waals surface area contributed by atoms with E-state index in [2.05, 4.69) is 4.99 Å². The van der Waals surface area contributed by atoms with Crippen LogP contribution in [0.4, 0.5) is 5.69 Å². The van der Waals surface area contributed by atoms with Crippen LogP contribution in [0.5, 0.6) is 11.5 Å². The second kappa shape index (κ2) is 18.0. The van der Waals surface area contributed by atoms with Gasteiger partial charge in [-0.1, -0.05) is 24.3 Å². The number of ether oxygens (including phenoxy) is 7. The average Bonchev–Trinajstić information content (AvgIpc) is 3.74. The zero-order valence-corrected chi connectivity index (χ0v) is 40.5. The summed E-state index contributed by atoms with van der Waals surface area (Å²) in [5, 5.41) is 92.2. The zero-order valence-electron chi connectivity index (χ0n) is 40.5. The van der Waals surface area contributed by atoms with E-state index >= 15 is 9.59 Å². The lowest BCUT2D eigenvalue weighted by atomic mass is 9.59. The van der Waals surface area contributed by atoms with E-state index < -0.39 is 139 Å². The Bertz CT molecular complexity index is 2990. The summed E-state index contributed by atoms with van der Waals surface area (Å²) in [7, 11) is 0. The summed E-state index contributed by atoms with van der Waals surface area (Å²) in [6.45, 7) is 8.19. The minimum absolute atomic E-state index is 0.00308. The number of nitrogens with zero attached hydrogens (tertiary/aromatic N) is 1. The van der Waals surface area contributed by atoms with Crippen LogP contribution in [0.1, 0.15) is 114 Å². The third-order valence-electron chi connectivity index (χ3n) is 15.9. The molecule has 0 spiro atoms. The topological polar surface area (TPSA) is 286 Å². The van der Waals surface area contributed by atoms with E-state index in [0.29, 0.717) is 29.7 Å². The number of carbonyl (C=O) groups excluding carboxylic acids is 1. The summed E-state index contributed by atoms with van der Waals surface area (Å²) in [5.41, 5.74) is -6.35. The van der Waals surface area contributed by atoms with Crippen molar-refractivity contribution in [1.82, 2.24) is 0 Å². The molecule has 1 aromatic heterocycles. The molecule has 19 nitrogen and oxygen atoms in total. The molecule has 3 aromatic carbocycles. The van der Waals surface area contributed by atoms with Crippen molar-refractivity contribution in [2.75, 3.05) is 0 Å². The van der Waals surface area contributed by atoms with Crippen molar-refractivity contribution in [3.63, 3.8) is 0 Å². The number of fused-ring (bicyclic) bond motifs is 5. The van der Waals surface area contributed by atoms with Crippen LogP contribution >= 0.6 is 0 Å². The number of phenolic OH excluding ortho intramolecular Hbond substituents is 2. The number of ketones is 1. The molecule has 0 unspecified atom stereocenters. The first-order chi connectivity index (χ1) is 34.2. The van der Waals surface area contributed by atoms with Gasteiger partial charge in [0.1, 0.15) is 34.9 Å². The summed E-state index contributed by atoms with van der Waals surface area (Å²) in [5.74, 6) is -1.82. The molecule has 8 N–H and O–H groups in total. The van der Waals surface area contributed by atoms with E-state index in [1.165, 1.54) is 25.3 Å². The molecule has 0 amide bonds. The minimum atomic E-state index is -2.47. The first-order valence-corrected chi connectivity index (χ1v) is 24.9. The molecule has 72 heavy (non-hydrogen) atoms. The maximum atomic E-state index is 15.0. The number of aliphatic imine (C=N–C) groups is 1. The van der Waals surface area contributed by atoms with Crippen molar-refractivity contribution in [1.29, 1.82) is 0 Å². The van der Waals surface area contributed by atoms with E-state index in [1.54, 1.807) is 51.1 Å². The monoisotopic (exact) mass is 999 g/mol. The first-order valence-electron chi connectivity index (χ1n) is 24.9. The molecule has 0 bridgehead atoms. The molecule has 4 saturated heterocycles. The van der Waals surface area contributed by atoms with Crippen LogP contribution in [0, 0.1) is 0 Å². The fourth-order valence-electron chi connectivity index (χ4n) is 12.2. The SMILES string of the molecule is C[C@@H]1O[C@@H](O[C@@H]2C[C@H](c3cc4/c(=C5\C=Nc6ccccc65)c(=O)oc5c6c(c(O)c(c3O)c54)C=C[C@]3(O)C[C@@](C)(O)CC(=O)[C@]63O[C@H]3CC[C@H](O)[C@H](C)O3)O[C@H](C)[C@H]2O)CC[C@@H]1O[C@H]1C[C@@H](O)[C@H](O)[C@@H](C)O1. The maximum absolute atomic E-state index is 15.0. The third kappa shape index (κ3) is 7.95. The van der Waals surface area contributed by atoms with Crippen LogP contribution in [0.3, 0.4) is 0 Å². The van der Waals surface area contributed by atoms with Gasteiger partial charge in [-0.2, -0.15) is 0 Å². The molecule has 386 valence electrons. The van der Waals surface area contributed by atoms with Crippen molar-refractivity contribution >= 4 is 51.1 Å². The lowest BCUT2D eigenvalue weighted by molar-refractivity contribution is -0.306. The van der Waals surface area contributed by atoms with Gasteiger partial charge in [0.05, 0.1) is 76.8 Å². The summed E-state index contributed by atoms with van der Waals surface area (Å²) < 4.78 is 50.3. The number of carbonyl (C=O) groups is 1. The number of phenols is 2. The highest BCUT2D eigenvalue weighted by molar-refractivity contribution is 6.22. The Kier molecular flexibility index (Phi) is 12.4. The second-order valence-electron chi connectivity index (χ2n) is 21.1. The number of hydrogen-bond acceptors (Lipinski definition) is 19. The fourth-order valence-corrected chi connectivity index (χ4v) is 12.2. The highest BCUT2D eigenvalue weighted by Crippen LogP contribution is 2.59. The Labute approximate surface area is 412 Å². The van der Waals surface area contributed by atoms with Gasteiger partial charge in [0.25, 0.3) is 0 Å². The molecule has 1 saturated carbocycles. The summed E-state index contributed by atoms with van der Waals surface area (Å²) in [4.78, 5) is 34.6. The Hall–Kier alpha value is -4.71. The Morgan fingerprint density at radius 2 is 1.46 bits per heavy atom. The molecule has 17 atom stereocenters. The highest BCUT2D eigenvalue weighted by Gasteiger charge is 2.67. The van der Waals surface area contributed by atoms with Crippen LogP contribution in [0.2, 0.25) is 0 Å². The lowest BCUT2D eigenvalue weighted by Gasteiger charge is -2.54. The van der Waals surface area contributed by atoms with Crippen molar-refractivity contribution < 1.29 is 83.2 Å². The molecule has 4 aromatic rings. The van der Waals surface area contributed by atoms with Gasteiger partial charge < -0.3 is 78.4 Å². The predicted octanol–water partition coefficient (Wildman–Crippen LogP) is 3.32. The normalized spacial score (nSPS) is 40.6. The van der Waals surface area contributed by atoms with E-state index in [1.807, 2.05) is 6.92 Å². The van der Waals surface area contributed by atoms with Crippen molar-refractivity contribution in [2.45, 2.75) is 189 Å². The largest absolute Gasteiger partial charge is 0.507 e. The molecular formula is C53H61NO18. The van der Waals surface area contributed by atoms with Crippen LogP contribution < -0.4 is 10.8 Å². The summed E-state index contributed by atoms with van der Waals surface area (Å²) >= 11 is 0. The van der Waals surface area contributed by atoms with E-state index in [-0.39, 0.29) is 69.3 Å². The molecule has 2 aliphatic carbocycles. The summed E-state index contributed by atoms with van der Waals surface area (Å²) in [6.07, 6.45) is -7.44. The number of hydrogen-bond donors (Lipinski definition) is 8. The van der Waals surface area contributed by atoms with Crippen molar-refractivity contribution in [2.24, 2.45) is 4.99 Å². The molecule has 5 aliphatic heterocycles. The maximum Gasteiger partial charge on any atom is 0.344 e. The zero-order chi connectivity index (χ0) is 50.9. The number of Topliss-reactive ketones (excluding diaryl/α,β-unsaturated/α-hetero) is 1. The van der Waals surface area contributed by atoms with Gasteiger partial charge in [0.15, 0.2) is 30.3 Å². The van der Waals surface area contributed by atoms with Gasteiger partial charge in [-0.15, -0.1) is 0 Å². The first kappa shape index (κ1) is 49.5. The lowest BCUT2D eigenvalue weighted by Crippen LogP contribution is -2.67. The van der Waals surface area contributed by atoms with E-state index in [9.17, 15) is 40.9 Å². The second-order valence-corrected chi connectivity index (χ2v) is 21.1. The number of aromatic hydroxyl groups is 2. The molecule has 7 aliphatic rings. The third-order valence-corrected chi connectivity index (χ3v) is 15.9. The van der Waals surface area contributed by atoms with Gasteiger partial charge in [-0.3, -0.25) is 9.79 Å². The van der Waals surface area contributed by atoms with Crippen LogP contribution in [0.25, 0.3) is 33.4 Å². The molecule has 19 heteroatoms. The predicted molar refractivity (Wildman–Crippen MR) is 255 cm³/mol.